The SMILES string of the molecule is CS(=O)(=O)c1cnc2ncnn2c1C1CCCN(C(=O)C2(c3ccc(Cl)cc3)CCC2)C1. The van der Waals surface area contributed by atoms with Gasteiger partial charge >= 0.3 is 0 Å². The van der Waals surface area contributed by atoms with Gasteiger partial charge in [-0.05, 0) is 43.4 Å². The van der Waals surface area contributed by atoms with Crippen LogP contribution in [0.25, 0.3) is 5.78 Å². The summed E-state index contributed by atoms with van der Waals surface area (Å²) in [5.74, 6) is 0.292. The van der Waals surface area contributed by atoms with Crippen molar-refractivity contribution < 1.29 is 13.2 Å². The van der Waals surface area contributed by atoms with E-state index in [9.17, 15) is 13.2 Å². The minimum absolute atomic E-state index is 0.112. The van der Waals surface area contributed by atoms with Crippen LogP contribution in [0.5, 0.6) is 0 Å². The summed E-state index contributed by atoms with van der Waals surface area (Å²) < 4.78 is 26.5. The van der Waals surface area contributed by atoms with Crippen LogP contribution in [0.15, 0.2) is 41.7 Å². The van der Waals surface area contributed by atoms with Crippen molar-refractivity contribution in [3.63, 3.8) is 0 Å². The molecule has 32 heavy (non-hydrogen) atoms. The Hall–Kier alpha value is -2.52. The first-order chi connectivity index (χ1) is 15.3. The number of aromatic nitrogens is 4. The molecule has 168 valence electrons. The molecule has 3 heterocycles. The predicted octanol–water partition coefficient (Wildman–Crippen LogP) is 3.01. The minimum Gasteiger partial charge on any atom is -0.341 e. The standard InChI is InChI=1S/C22H24ClN5O3S/c1-32(30,31)18-12-24-21-25-14-26-28(21)19(18)15-4-2-11-27(13-15)20(29)22(9-3-10-22)16-5-7-17(23)8-6-16/h5-8,12,14-15H,2-4,9-11,13H2,1H3. The van der Waals surface area contributed by atoms with Crippen LogP contribution in [-0.2, 0) is 20.0 Å². The van der Waals surface area contributed by atoms with E-state index in [1.807, 2.05) is 29.2 Å². The summed E-state index contributed by atoms with van der Waals surface area (Å²) in [5, 5.41) is 4.88. The first-order valence-electron chi connectivity index (χ1n) is 10.7. The van der Waals surface area contributed by atoms with E-state index in [0.717, 1.165) is 37.7 Å². The summed E-state index contributed by atoms with van der Waals surface area (Å²) >= 11 is 6.07. The fourth-order valence-electron chi connectivity index (χ4n) is 5.05. The van der Waals surface area contributed by atoms with Crippen LogP contribution in [0.3, 0.4) is 0 Å². The molecule has 1 saturated heterocycles. The molecule has 0 N–H and O–H groups in total. The molecule has 1 saturated carbocycles. The lowest BCUT2D eigenvalue weighted by Crippen LogP contribution is -2.53. The van der Waals surface area contributed by atoms with Crippen LogP contribution in [0, 0.1) is 0 Å². The number of fused-ring (bicyclic) bond motifs is 1. The van der Waals surface area contributed by atoms with E-state index >= 15 is 0 Å². The number of nitrogens with zero attached hydrogens (tertiary/aromatic N) is 5. The molecular weight excluding hydrogens is 450 g/mol. The first-order valence-corrected chi connectivity index (χ1v) is 13.0. The highest BCUT2D eigenvalue weighted by Gasteiger charge is 2.48. The molecule has 3 aromatic rings. The second kappa shape index (κ2) is 7.81. The molecule has 8 nitrogen and oxygen atoms in total. The van der Waals surface area contributed by atoms with Crippen molar-refractivity contribution in [3.8, 4) is 0 Å². The molecule has 1 unspecified atom stereocenters. The van der Waals surface area contributed by atoms with Gasteiger partial charge in [0.25, 0.3) is 5.78 Å². The topological polar surface area (TPSA) is 97.5 Å². The van der Waals surface area contributed by atoms with Crippen molar-refractivity contribution in [2.45, 2.75) is 48.3 Å². The van der Waals surface area contributed by atoms with E-state index in [1.165, 1.54) is 23.3 Å². The molecule has 1 atom stereocenters. The Balaban J connectivity index is 1.50. The average Bonchev–Trinajstić information content (AvgIpc) is 3.22. The number of piperidine rings is 1. The number of benzene rings is 1. The lowest BCUT2D eigenvalue weighted by molar-refractivity contribution is -0.142. The van der Waals surface area contributed by atoms with E-state index in [-0.39, 0.29) is 16.7 Å². The molecule has 0 spiro atoms. The third-order valence-corrected chi connectivity index (χ3v) is 8.18. The molecular formula is C22H24ClN5O3S. The molecule has 5 rings (SSSR count). The van der Waals surface area contributed by atoms with Gasteiger partial charge < -0.3 is 4.90 Å². The average molecular weight is 474 g/mol. The van der Waals surface area contributed by atoms with Crippen LogP contribution in [-0.4, -0.2) is 58.2 Å². The molecule has 10 heteroatoms. The maximum absolute atomic E-state index is 13.8. The molecule has 1 aliphatic heterocycles. The highest BCUT2D eigenvalue weighted by molar-refractivity contribution is 7.90. The highest BCUT2D eigenvalue weighted by atomic mass is 35.5. The van der Waals surface area contributed by atoms with Crippen LogP contribution in [0.2, 0.25) is 5.02 Å². The monoisotopic (exact) mass is 473 g/mol. The Morgan fingerprint density at radius 3 is 2.56 bits per heavy atom. The van der Waals surface area contributed by atoms with E-state index in [1.54, 1.807) is 0 Å². The number of likely N-dealkylation sites (tertiary alicyclic amines) is 1. The normalized spacial score (nSPS) is 20.8. The number of carbonyl (C=O) groups is 1. The van der Waals surface area contributed by atoms with Gasteiger partial charge in [-0.2, -0.15) is 14.6 Å². The summed E-state index contributed by atoms with van der Waals surface area (Å²) in [6, 6.07) is 7.56. The van der Waals surface area contributed by atoms with Crippen molar-refractivity contribution in [1.82, 2.24) is 24.5 Å². The van der Waals surface area contributed by atoms with Crippen molar-refractivity contribution in [3.05, 3.63) is 53.1 Å². The fourth-order valence-corrected chi connectivity index (χ4v) is 6.06. The Morgan fingerprint density at radius 1 is 1.16 bits per heavy atom. The summed E-state index contributed by atoms with van der Waals surface area (Å²) in [7, 11) is -3.53. The van der Waals surface area contributed by atoms with Gasteiger partial charge in [0.15, 0.2) is 9.84 Å². The van der Waals surface area contributed by atoms with Crippen molar-refractivity contribution in [2.24, 2.45) is 0 Å². The second-order valence-corrected chi connectivity index (χ2v) is 11.2. The minimum atomic E-state index is -3.53. The molecule has 2 aliphatic rings. The number of hydrogen-bond acceptors (Lipinski definition) is 6. The van der Waals surface area contributed by atoms with E-state index in [2.05, 4.69) is 15.1 Å². The summed E-state index contributed by atoms with van der Waals surface area (Å²) in [5.41, 5.74) is 1.04. The van der Waals surface area contributed by atoms with E-state index in [0.29, 0.717) is 29.6 Å². The molecule has 1 aliphatic carbocycles. The summed E-state index contributed by atoms with van der Waals surface area (Å²) in [6.07, 6.45) is 8.08. The summed E-state index contributed by atoms with van der Waals surface area (Å²) in [4.78, 5) is 24.1. The predicted molar refractivity (Wildman–Crippen MR) is 119 cm³/mol. The van der Waals surface area contributed by atoms with Crippen LogP contribution < -0.4 is 0 Å². The van der Waals surface area contributed by atoms with Gasteiger partial charge in [0.2, 0.25) is 5.91 Å². The van der Waals surface area contributed by atoms with Gasteiger partial charge in [-0.1, -0.05) is 30.2 Å². The second-order valence-electron chi connectivity index (χ2n) is 8.78. The van der Waals surface area contributed by atoms with Crippen molar-refractivity contribution >= 4 is 33.1 Å². The first kappa shape index (κ1) is 21.3. The molecule has 2 aromatic heterocycles. The summed E-state index contributed by atoms with van der Waals surface area (Å²) in [6.45, 7) is 1.10. The lowest BCUT2D eigenvalue weighted by Gasteiger charge is -2.46. The van der Waals surface area contributed by atoms with Gasteiger partial charge in [-0.15, -0.1) is 0 Å². The number of amides is 1. The van der Waals surface area contributed by atoms with Gasteiger partial charge in [0, 0.05) is 30.3 Å². The third-order valence-electron chi connectivity index (χ3n) is 6.82. The van der Waals surface area contributed by atoms with Gasteiger partial charge in [-0.3, -0.25) is 4.79 Å². The maximum atomic E-state index is 13.8. The Labute approximate surface area is 191 Å². The van der Waals surface area contributed by atoms with E-state index < -0.39 is 15.3 Å². The molecule has 1 amide bonds. The number of halogens is 1. The highest BCUT2D eigenvalue weighted by Crippen LogP contribution is 2.46. The van der Waals surface area contributed by atoms with Crippen molar-refractivity contribution in [2.75, 3.05) is 19.3 Å². The Bertz CT molecular complexity index is 1280. The van der Waals surface area contributed by atoms with Crippen LogP contribution >= 0.6 is 11.6 Å². The number of sulfone groups is 1. The molecule has 1 aromatic carbocycles. The third kappa shape index (κ3) is 3.47. The van der Waals surface area contributed by atoms with Gasteiger partial charge in [-0.25, -0.2) is 13.4 Å². The Morgan fingerprint density at radius 2 is 1.91 bits per heavy atom. The largest absolute Gasteiger partial charge is 0.341 e. The fraction of sp³-hybridized carbons (Fsp3) is 0.455. The molecule has 0 bridgehead atoms. The zero-order valence-electron chi connectivity index (χ0n) is 17.7. The van der Waals surface area contributed by atoms with E-state index in [4.69, 9.17) is 11.6 Å². The zero-order valence-corrected chi connectivity index (χ0v) is 19.3. The molecule has 2 fully saturated rings. The lowest BCUT2D eigenvalue weighted by atomic mass is 9.63. The van der Waals surface area contributed by atoms with Crippen molar-refractivity contribution in [1.29, 1.82) is 0 Å². The molecule has 0 radical (unpaired) electrons. The number of carbonyl (C=O) groups excluding carboxylic acids is 1. The Kier molecular flexibility index (Phi) is 5.21. The van der Waals surface area contributed by atoms with Gasteiger partial charge in [0.05, 0.1) is 17.3 Å². The maximum Gasteiger partial charge on any atom is 0.252 e. The zero-order chi connectivity index (χ0) is 22.5. The van der Waals surface area contributed by atoms with Crippen LogP contribution in [0.1, 0.15) is 49.3 Å². The van der Waals surface area contributed by atoms with Crippen LogP contribution in [0.4, 0.5) is 0 Å². The quantitative estimate of drug-likeness (QED) is 0.577. The smallest absolute Gasteiger partial charge is 0.252 e. The van der Waals surface area contributed by atoms with Gasteiger partial charge in [0.1, 0.15) is 11.2 Å². The number of hydrogen-bond donors (Lipinski definition) is 0. The number of rotatable bonds is 4.